The summed E-state index contributed by atoms with van der Waals surface area (Å²) in [4.78, 5) is 10.4. The maximum Gasteiger partial charge on any atom is 0.573 e. The fraction of sp³-hybridized carbons (Fsp3) is 0.200. The Hall–Kier alpha value is -2.45. The number of rotatable bonds is 4. The van der Waals surface area contributed by atoms with E-state index in [9.17, 15) is 18.0 Å². The number of halogens is 3. The van der Waals surface area contributed by atoms with Crippen LogP contribution in [-0.2, 0) is 0 Å². The van der Waals surface area contributed by atoms with Gasteiger partial charge in [-0.3, -0.25) is 0 Å². The number of urea groups is 1. The number of nitrogens with two attached hydrogens (primary N) is 1. The number of nitrogens with zero attached hydrogens (tertiary/aromatic N) is 1. The number of benzene rings is 1. The molecule has 0 bridgehead atoms. The van der Waals surface area contributed by atoms with Gasteiger partial charge < -0.3 is 15.2 Å². The van der Waals surface area contributed by atoms with Crippen molar-refractivity contribution in [1.29, 1.82) is 0 Å². The van der Waals surface area contributed by atoms with Crippen molar-refractivity contribution < 1.29 is 27.4 Å². The second kappa shape index (κ2) is 5.94. The van der Waals surface area contributed by atoms with Crippen LogP contribution >= 0.6 is 0 Å². The van der Waals surface area contributed by atoms with Gasteiger partial charge in [0.05, 0.1) is 13.3 Å². The molecule has 0 aromatic heterocycles. The lowest BCUT2D eigenvalue weighted by Crippen LogP contribution is -2.24. The first kappa shape index (κ1) is 14.6. The van der Waals surface area contributed by atoms with Crippen LogP contribution in [0.1, 0.15) is 5.56 Å². The lowest BCUT2D eigenvalue weighted by atomic mass is 10.2. The first-order valence-corrected chi connectivity index (χ1v) is 4.84. The molecular weight excluding hydrogens is 267 g/mol. The number of hydrogen-bond donors (Lipinski definition) is 2. The molecule has 1 aromatic carbocycles. The van der Waals surface area contributed by atoms with Gasteiger partial charge in [0.2, 0.25) is 0 Å². The summed E-state index contributed by atoms with van der Waals surface area (Å²) in [6.45, 7) is 0. The third kappa shape index (κ3) is 5.15. The molecule has 0 saturated heterocycles. The van der Waals surface area contributed by atoms with Crippen LogP contribution in [0, 0.1) is 0 Å². The van der Waals surface area contributed by atoms with Crippen LogP contribution < -0.4 is 20.6 Å². The van der Waals surface area contributed by atoms with E-state index >= 15 is 0 Å². The monoisotopic (exact) mass is 277 g/mol. The third-order valence-corrected chi connectivity index (χ3v) is 1.81. The van der Waals surface area contributed by atoms with Crippen LogP contribution in [0.4, 0.5) is 18.0 Å². The van der Waals surface area contributed by atoms with Crippen molar-refractivity contribution in [2.75, 3.05) is 7.11 Å². The Morgan fingerprint density at radius 3 is 2.68 bits per heavy atom. The number of methoxy groups -OCH3 is 1. The van der Waals surface area contributed by atoms with E-state index in [1.54, 1.807) is 0 Å². The van der Waals surface area contributed by atoms with Gasteiger partial charge in [-0.1, -0.05) is 0 Å². The molecule has 0 radical (unpaired) electrons. The van der Waals surface area contributed by atoms with Gasteiger partial charge in [-0.25, -0.2) is 10.2 Å². The molecule has 3 N–H and O–H groups in total. The molecule has 6 nitrogen and oxygen atoms in total. The van der Waals surface area contributed by atoms with Gasteiger partial charge in [0.25, 0.3) is 0 Å². The molecule has 104 valence electrons. The van der Waals surface area contributed by atoms with Gasteiger partial charge in [0.15, 0.2) is 0 Å². The first-order chi connectivity index (χ1) is 8.81. The van der Waals surface area contributed by atoms with Crippen molar-refractivity contribution in [3.63, 3.8) is 0 Å². The Labute approximate surface area is 106 Å². The van der Waals surface area contributed by atoms with Gasteiger partial charge in [0, 0.05) is 5.56 Å². The lowest BCUT2D eigenvalue weighted by Gasteiger charge is -2.11. The zero-order valence-corrected chi connectivity index (χ0v) is 9.69. The number of primary amides is 1. The summed E-state index contributed by atoms with van der Waals surface area (Å²) >= 11 is 0. The predicted molar refractivity (Wildman–Crippen MR) is 60.0 cm³/mol. The summed E-state index contributed by atoms with van der Waals surface area (Å²) in [7, 11) is 1.33. The number of ether oxygens (including phenoxy) is 2. The van der Waals surface area contributed by atoms with Crippen molar-refractivity contribution in [1.82, 2.24) is 5.43 Å². The maximum absolute atomic E-state index is 12.1. The van der Waals surface area contributed by atoms with Gasteiger partial charge >= 0.3 is 12.4 Å². The fourth-order valence-electron chi connectivity index (χ4n) is 1.18. The quantitative estimate of drug-likeness (QED) is 0.647. The zero-order valence-electron chi connectivity index (χ0n) is 9.69. The summed E-state index contributed by atoms with van der Waals surface area (Å²) in [5.41, 5.74) is 6.85. The minimum atomic E-state index is -4.80. The number of alkyl halides is 3. The van der Waals surface area contributed by atoms with Crippen molar-refractivity contribution in [2.24, 2.45) is 10.8 Å². The summed E-state index contributed by atoms with van der Waals surface area (Å²) < 4.78 is 44.8. The lowest BCUT2D eigenvalue weighted by molar-refractivity contribution is -0.274. The molecule has 19 heavy (non-hydrogen) atoms. The molecule has 0 unspecified atom stereocenters. The van der Waals surface area contributed by atoms with E-state index in [0.29, 0.717) is 0 Å². The topological polar surface area (TPSA) is 85.9 Å². The SMILES string of the molecule is COc1ccc(OC(F)(F)F)cc1C=NNC(N)=O. The molecule has 0 aliphatic carbocycles. The predicted octanol–water partition coefficient (Wildman–Crippen LogP) is 1.60. The summed E-state index contributed by atoms with van der Waals surface area (Å²) in [5.74, 6) is -0.182. The number of carbonyl (C=O) groups is 1. The van der Waals surface area contributed by atoms with Gasteiger partial charge in [-0.2, -0.15) is 5.10 Å². The van der Waals surface area contributed by atoms with Gasteiger partial charge in [0.1, 0.15) is 11.5 Å². The van der Waals surface area contributed by atoms with E-state index in [4.69, 9.17) is 10.5 Å². The molecule has 0 atom stereocenters. The molecule has 0 heterocycles. The number of amides is 2. The van der Waals surface area contributed by atoms with E-state index in [1.807, 2.05) is 5.43 Å². The minimum absolute atomic E-state index is 0.179. The van der Waals surface area contributed by atoms with Crippen molar-refractivity contribution in [2.45, 2.75) is 6.36 Å². The fourth-order valence-corrected chi connectivity index (χ4v) is 1.18. The van der Waals surface area contributed by atoms with E-state index in [1.165, 1.54) is 13.2 Å². The number of hydrogen-bond acceptors (Lipinski definition) is 4. The van der Waals surface area contributed by atoms with E-state index in [-0.39, 0.29) is 11.3 Å². The third-order valence-electron chi connectivity index (χ3n) is 1.81. The highest BCUT2D eigenvalue weighted by atomic mass is 19.4. The van der Waals surface area contributed by atoms with E-state index in [0.717, 1.165) is 18.3 Å². The minimum Gasteiger partial charge on any atom is -0.496 e. The Morgan fingerprint density at radius 2 is 2.16 bits per heavy atom. The molecule has 2 amide bonds. The Balaban J connectivity index is 2.96. The summed E-state index contributed by atoms with van der Waals surface area (Å²) in [6.07, 6.45) is -3.72. The van der Waals surface area contributed by atoms with Crippen LogP contribution in [0.15, 0.2) is 23.3 Å². The van der Waals surface area contributed by atoms with E-state index in [2.05, 4.69) is 9.84 Å². The molecule has 0 fully saturated rings. The summed E-state index contributed by atoms with van der Waals surface area (Å²) in [5, 5.41) is 3.42. The number of hydrazone groups is 1. The normalized spacial score (nSPS) is 11.4. The maximum atomic E-state index is 12.1. The van der Waals surface area contributed by atoms with Crippen LogP contribution in [0.5, 0.6) is 11.5 Å². The highest BCUT2D eigenvalue weighted by Crippen LogP contribution is 2.27. The highest BCUT2D eigenvalue weighted by Gasteiger charge is 2.31. The van der Waals surface area contributed by atoms with E-state index < -0.39 is 18.1 Å². The molecule has 0 aliphatic heterocycles. The highest BCUT2D eigenvalue weighted by molar-refractivity contribution is 5.85. The van der Waals surface area contributed by atoms with Crippen molar-refractivity contribution >= 4 is 12.2 Å². The standard InChI is InChI=1S/C10H10F3N3O3/c1-18-8-3-2-7(19-10(11,12)13)4-6(8)5-15-16-9(14)17/h2-5H,1H3,(H3,14,16,17). The van der Waals surface area contributed by atoms with Gasteiger partial charge in [-0.05, 0) is 18.2 Å². The number of carbonyl (C=O) groups excluding carboxylic acids is 1. The smallest absolute Gasteiger partial charge is 0.496 e. The zero-order chi connectivity index (χ0) is 14.5. The Morgan fingerprint density at radius 1 is 1.47 bits per heavy atom. The van der Waals surface area contributed by atoms with Crippen LogP contribution in [0.3, 0.4) is 0 Å². The second-order valence-electron chi connectivity index (χ2n) is 3.19. The first-order valence-electron chi connectivity index (χ1n) is 4.84. The Bertz CT molecular complexity index is 489. The number of nitrogens with one attached hydrogen (secondary N) is 1. The molecule has 0 aliphatic rings. The summed E-state index contributed by atoms with van der Waals surface area (Å²) in [6, 6.07) is 2.51. The largest absolute Gasteiger partial charge is 0.573 e. The average Bonchev–Trinajstić information content (AvgIpc) is 2.26. The van der Waals surface area contributed by atoms with Crippen LogP contribution in [0.2, 0.25) is 0 Å². The van der Waals surface area contributed by atoms with Crippen molar-refractivity contribution in [3.8, 4) is 11.5 Å². The average molecular weight is 277 g/mol. The molecular formula is C10H10F3N3O3. The second-order valence-corrected chi connectivity index (χ2v) is 3.19. The molecule has 1 rings (SSSR count). The molecule has 0 spiro atoms. The Kier molecular flexibility index (Phi) is 4.56. The van der Waals surface area contributed by atoms with Crippen LogP contribution in [-0.4, -0.2) is 25.7 Å². The van der Waals surface area contributed by atoms with Gasteiger partial charge in [-0.15, -0.1) is 13.2 Å². The molecule has 0 saturated carbocycles. The molecule has 1 aromatic rings. The molecule has 9 heteroatoms. The van der Waals surface area contributed by atoms with Crippen LogP contribution in [0.25, 0.3) is 0 Å². The van der Waals surface area contributed by atoms with Crippen molar-refractivity contribution in [3.05, 3.63) is 23.8 Å².